The van der Waals surface area contributed by atoms with E-state index in [0.717, 1.165) is 24.8 Å². The lowest BCUT2D eigenvalue weighted by molar-refractivity contribution is -0.385. The van der Waals surface area contributed by atoms with Crippen LogP contribution in [-0.2, 0) is 11.2 Å². The van der Waals surface area contributed by atoms with Crippen LogP contribution in [0.1, 0.15) is 35.6 Å². The van der Waals surface area contributed by atoms with Crippen molar-refractivity contribution in [2.45, 2.75) is 25.3 Å². The molecule has 3 rings (SSSR count). The van der Waals surface area contributed by atoms with Crippen molar-refractivity contribution in [3.05, 3.63) is 81.4 Å². The van der Waals surface area contributed by atoms with Gasteiger partial charge >= 0.3 is 0 Å². The first-order valence-corrected chi connectivity index (χ1v) is 7.95. The number of nitrogens with zero attached hydrogens (tertiary/aromatic N) is 1. The molecule has 0 aliphatic heterocycles. The molecule has 0 saturated heterocycles. The third-order valence-corrected chi connectivity index (χ3v) is 4.23. The van der Waals surface area contributed by atoms with E-state index in [1.807, 2.05) is 18.2 Å². The van der Waals surface area contributed by atoms with Crippen molar-refractivity contribution >= 4 is 17.7 Å². The standard InChI is InChI=1S/C19H18N2O3/c22-19(13-12-15-7-2-4-11-18(15)21(23)24)20-17-10-5-8-14-6-1-3-9-16(14)17/h1-4,6-7,9,11-13,17H,5,8,10H2,(H,20,22). The second-order valence-electron chi connectivity index (χ2n) is 5.80. The largest absolute Gasteiger partial charge is 0.346 e. The van der Waals surface area contributed by atoms with Crippen molar-refractivity contribution < 1.29 is 9.72 Å². The summed E-state index contributed by atoms with van der Waals surface area (Å²) < 4.78 is 0. The SMILES string of the molecule is O=C(C=Cc1ccccc1[N+](=O)[O-])NC1CCCc2ccccc21. The van der Waals surface area contributed by atoms with Gasteiger partial charge in [0.25, 0.3) is 5.69 Å². The minimum atomic E-state index is -0.449. The molecule has 24 heavy (non-hydrogen) atoms. The summed E-state index contributed by atoms with van der Waals surface area (Å²) in [6.45, 7) is 0. The van der Waals surface area contributed by atoms with Crippen molar-refractivity contribution in [3.8, 4) is 0 Å². The molecule has 0 saturated carbocycles. The van der Waals surface area contributed by atoms with E-state index in [1.165, 1.54) is 23.8 Å². The molecule has 0 fully saturated rings. The number of para-hydroxylation sites is 1. The highest BCUT2D eigenvalue weighted by atomic mass is 16.6. The molecule has 0 bridgehead atoms. The summed E-state index contributed by atoms with van der Waals surface area (Å²) in [5, 5.41) is 14.0. The second-order valence-corrected chi connectivity index (χ2v) is 5.80. The molecule has 5 nitrogen and oxygen atoms in total. The zero-order chi connectivity index (χ0) is 16.9. The number of aryl methyl sites for hydroxylation is 1. The Kier molecular flexibility index (Phi) is 4.70. The molecule has 0 aromatic heterocycles. The lowest BCUT2D eigenvalue weighted by Crippen LogP contribution is -2.29. The second kappa shape index (κ2) is 7.08. The Hall–Kier alpha value is -2.95. The fourth-order valence-corrected chi connectivity index (χ4v) is 3.08. The number of hydrogen-bond acceptors (Lipinski definition) is 3. The zero-order valence-electron chi connectivity index (χ0n) is 13.1. The van der Waals surface area contributed by atoms with E-state index in [4.69, 9.17) is 0 Å². The fraction of sp³-hybridized carbons (Fsp3) is 0.211. The molecule has 0 heterocycles. The van der Waals surface area contributed by atoms with Crippen LogP contribution in [0.3, 0.4) is 0 Å². The number of benzene rings is 2. The Morgan fingerprint density at radius 3 is 2.75 bits per heavy atom. The van der Waals surface area contributed by atoms with Gasteiger partial charge in [-0.25, -0.2) is 0 Å². The fourth-order valence-electron chi connectivity index (χ4n) is 3.08. The molecule has 1 amide bonds. The normalized spacial score (nSPS) is 16.6. The van der Waals surface area contributed by atoms with E-state index in [0.29, 0.717) is 5.56 Å². The predicted molar refractivity (Wildman–Crippen MR) is 92.4 cm³/mol. The molecule has 1 atom stereocenters. The van der Waals surface area contributed by atoms with Gasteiger partial charge in [0.2, 0.25) is 5.91 Å². The van der Waals surface area contributed by atoms with Crippen LogP contribution >= 0.6 is 0 Å². The minimum Gasteiger partial charge on any atom is -0.346 e. The first-order chi connectivity index (χ1) is 11.6. The summed E-state index contributed by atoms with van der Waals surface area (Å²) >= 11 is 0. The van der Waals surface area contributed by atoms with E-state index >= 15 is 0 Å². The maximum Gasteiger partial charge on any atom is 0.276 e. The summed E-state index contributed by atoms with van der Waals surface area (Å²) in [6, 6.07) is 14.5. The molecule has 1 aliphatic rings. The van der Waals surface area contributed by atoms with Crippen molar-refractivity contribution in [1.29, 1.82) is 0 Å². The van der Waals surface area contributed by atoms with E-state index in [1.54, 1.807) is 18.2 Å². The third-order valence-electron chi connectivity index (χ3n) is 4.23. The lowest BCUT2D eigenvalue weighted by Gasteiger charge is -2.25. The third kappa shape index (κ3) is 3.51. The lowest BCUT2D eigenvalue weighted by atomic mass is 9.88. The van der Waals surface area contributed by atoms with E-state index in [-0.39, 0.29) is 17.6 Å². The minimum absolute atomic E-state index is 0.00198. The number of hydrogen-bond donors (Lipinski definition) is 1. The van der Waals surface area contributed by atoms with Gasteiger partial charge in [-0.05, 0) is 42.5 Å². The number of amides is 1. The molecule has 1 unspecified atom stereocenters. The van der Waals surface area contributed by atoms with Crippen LogP contribution in [0.5, 0.6) is 0 Å². The van der Waals surface area contributed by atoms with Gasteiger partial charge in [-0.1, -0.05) is 36.4 Å². The predicted octanol–water partition coefficient (Wildman–Crippen LogP) is 3.80. The maximum absolute atomic E-state index is 12.2. The highest BCUT2D eigenvalue weighted by molar-refractivity contribution is 5.92. The van der Waals surface area contributed by atoms with Crippen LogP contribution in [0.2, 0.25) is 0 Å². The van der Waals surface area contributed by atoms with Gasteiger partial charge in [0.1, 0.15) is 0 Å². The van der Waals surface area contributed by atoms with E-state index in [9.17, 15) is 14.9 Å². The zero-order valence-corrected chi connectivity index (χ0v) is 13.1. The van der Waals surface area contributed by atoms with Gasteiger partial charge in [-0.3, -0.25) is 14.9 Å². The van der Waals surface area contributed by atoms with Gasteiger partial charge in [-0.15, -0.1) is 0 Å². The highest BCUT2D eigenvalue weighted by Gasteiger charge is 2.20. The Labute approximate surface area is 140 Å². The summed E-state index contributed by atoms with van der Waals surface area (Å²) in [7, 11) is 0. The maximum atomic E-state index is 12.2. The van der Waals surface area contributed by atoms with Gasteiger partial charge in [0.15, 0.2) is 0 Å². The van der Waals surface area contributed by atoms with Crippen LogP contribution in [0.4, 0.5) is 5.69 Å². The summed E-state index contributed by atoms with van der Waals surface area (Å²) in [5.74, 6) is -0.241. The molecule has 2 aromatic rings. The average Bonchev–Trinajstić information content (AvgIpc) is 2.60. The van der Waals surface area contributed by atoms with Crippen molar-refractivity contribution in [2.75, 3.05) is 0 Å². The monoisotopic (exact) mass is 322 g/mol. The number of nitrogens with one attached hydrogen (secondary N) is 1. The molecule has 0 spiro atoms. The molecule has 0 radical (unpaired) electrons. The molecule has 122 valence electrons. The Morgan fingerprint density at radius 1 is 1.17 bits per heavy atom. The van der Waals surface area contributed by atoms with Gasteiger partial charge in [0.05, 0.1) is 16.5 Å². The highest BCUT2D eigenvalue weighted by Crippen LogP contribution is 2.29. The van der Waals surface area contributed by atoms with E-state index in [2.05, 4.69) is 11.4 Å². The molecule has 5 heteroatoms. The van der Waals surface area contributed by atoms with Crippen LogP contribution in [-0.4, -0.2) is 10.8 Å². The first kappa shape index (κ1) is 15.9. The van der Waals surface area contributed by atoms with Gasteiger partial charge < -0.3 is 5.32 Å². The topological polar surface area (TPSA) is 72.2 Å². The number of rotatable bonds is 4. The van der Waals surface area contributed by atoms with Gasteiger partial charge in [-0.2, -0.15) is 0 Å². The Bertz CT molecular complexity index is 799. The number of carbonyl (C=O) groups excluding carboxylic acids is 1. The first-order valence-electron chi connectivity index (χ1n) is 7.95. The molecular weight excluding hydrogens is 304 g/mol. The number of nitro benzene ring substituents is 1. The van der Waals surface area contributed by atoms with Crippen molar-refractivity contribution in [2.24, 2.45) is 0 Å². The summed E-state index contributed by atoms with van der Waals surface area (Å²) in [4.78, 5) is 22.8. The van der Waals surface area contributed by atoms with Crippen LogP contribution in [0.25, 0.3) is 6.08 Å². The summed E-state index contributed by atoms with van der Waals surface area (Å²) in [6.07, 6.45) is 5.83. The van der Waals surface area contributed by atoms with Crippen molar-refractivity contribution in [1.82, 2.24) is 5.32 Å². The molecule has 1 N–H and O–H groups in total. The molecule has 1 aliphatic carbocycles. The van der Waals surface area contributed by atoms with Crippen LogP contribution in [0.15, 0.2) is 54.6 Å². The van der Waals surface area contributed by atoms with E-state index < -0.39 is 4.92 Å². The Morgan fingerprint density at radius 2 is 1.92 bits per heavy atom. The summed E-state index contributed by atoms with van der Waals surface area (Å²) in [5.41, 5.74) is 2.85. The van der Waals surface area contributed by atoms with Crippen LogP contribution < -0.4 is 5.32 Å². The molecular formula is C19H18N2O3. The number of nitro groups is 1. The van der Waals surface area contributed by atoms with Crippen LogP contribution in [0, 0.1) is 10.1 Å². The average molecular weight is 322 g/mol. The van der Waals surface area contributed by atoms with Crippen molar-refractivity contribution in [3.63, 3.8) is 0 Å². The van der Waals surface area contributed by atoms with Gasteiger partial charge in [0, 0.05) is 12.1 Å². The number of fused-ring (bicyclic) bond motifs is 1. The number of carbonyl (C=O) groups is 1. The molecule has 2 aromatic carbocycles. The smallest absolute Gasteiger partial charge is 0.276 e. The Balaban J connectivity index is 1.72. The quantitative estimate of drug-likeness (QED) is 0.528.